The van der Waals surface area contributed by atoms with Crippen LogP contribution in [0, 0.1) is 11.7 Å². The van der Waals surface area contributed by atoms with Crippen LogP contribution in [-0.2, 0) is 14.3 Å². The van der Waals surface area contributed by atoms with Gasteiger partial charge in [0.1, 0.15) is 18.5 Å². The number of amides is 2. The molecule has 0 bridgehead atoms. The number of hydrogen-bond acceptors (Lipinski definition) is 10. The van der Waals surface area contributed by atoms with Gasteiger partial charge in [0.05, 0.1) is 45.4 Å². The lowest BCUT2D eigenvalue weighted by Gasteiger charge is -2.44. The molecule has 15 heteroatoms. The van der Waals surface area contributed by atoms with E-state index >= 15 is 4.39 Å². The van der Waals surface area contributed by atoms with Crippen molar-refractivity contribution in [2.75, 3.05) is 37.7 Å². The standard InChI is InChI=1S/C27H29FN4O9S/c1-12(33)20-23(35)32-21(26(38)39)19(42-24(20)32)11-41-27(40)30-6-4-29(5-7-30)18-9-17-14(8-16(18)28)22(34)15(25(36)37)10-31(17)13-2-3-13/h8-10,12-13,19-21,24,33H,2-7,11H2,1H3,(H,36,37)(H,38,39)/p-1/t12-,19?,20+,21+,24?/m1/s1. The number of hydrogen-bond donors (Lipinski definition) is 2. The monoisotopic (exact) mass is 603 g/mol. The average molecular weight is 604 g/mol. The molecule has 2 unspecified atom stereocenters. The van der Waals surface area contributed by atoms with Crippen LogP contribution in [0.4, 0.5) is 14.9 Å². The van der Waals surface area contributed by atoms with Crippen molar-refractivity contribution in [2.24, 2.45) is 5.92 Å². The maximum atomic E-state index is 15.2. The van der Waals surface area contributed by atoms with Crippen molar-refractivity contribution < 1.29 is 43.6 Å². The molecule has 2 aromatic rings. The second-order valence-electron chi connectivity index (χ2n) is 11.0. The van der Waals surface area contributed by atoms with Gasteiger partial charge in [-0.2, -0.15) is 0 Å². The van der Waals surface area contributed by atoms with E-state index in [2.05, 4.69) is 0 Å². The van der Waals surface area contributed by atoms with Crippen LogP contribution < -0.4 is 15.4 Å². The van der Waals surface area contributed by atoms with E-state index in [1.807, 2.05) is 0 Å². The molecule has 0 radical (unpaired) electrons. The fourth-order valence-corrected chi connectivity index (χ4v) is 7.80. The number of rotatable bonds is 7. The number of ether oxygens (including phenoxy) is 1. The van der Waals surface area contributed by atoms with Gasteiger partial charge in [-0.05, 0) is 31.9 Å². The number of aromatic carboxylic acids is 1. The largest absolute Gasteiger partial charge is 0.545 e. The van der Waals surface area contributed by atoms with Crippen molar-refractivity contribution in [3.8, 4) is 0 Å². The van der Waals surface area contributed by atoms with Gasteiger partial charge < -0.3 is 44.1 Å². The third-order valence-electron chi connectivity index (χ3n) is 8.37. The second-order valence-corrected chi connectivity index (χ2v) is 12.4. The van der Waals surface area contributed by atoms with E-state index < -0.39 is 69.4 Å². The quantitative estimate of drug-likeness (QED) is 0.403. The second kappa shape index (κ2) is 10.5. The summed E-state index contributed by atoms with van der Waals surface area (Å²) in [4.78, 5) is 65.6. The number of anilines is 1. The first-order chi connectivity index (χ1) is 20.0. The molecule has 4 heterocycles. The number of carbonyl (C=O) groups is 4. The number of nitrogens with zero attached hydrogens (tertiary/aromatic N) is 4. The summed E-state index contributed by atoms with van der Waals surface area (Å²) in [6, 6.07) is 1.43. The Balaban J connectivity index is 1.12. The zero-order chi connectivity index (χ0) is 30.0. The van der Waals surface area contributed by atoms with Crippen molar-refractivity contribution in [3.63, 3.8) is 0 Å². The normalized spacial score (nSPS) is 26.2. The summed E-state index contributed by atoms with van der Waals surface area (Å²) >= 11 is 1.20. The number of aliphatic carboxylic acids is 1. The number of pyridine rings is 1. The Labute approximate surface area is 242 Å². The highest BCUT2D eigenvalue weighted by Gasteiger charge is 2.62. The van der Waals surface area contributed by atoms with Crippen LogP contribution in [0.5, 0.6) is 0 Å². The first-order valence-corrected chi connectivity index (χ1v) is 14.6. The topological polar surface area (TPSA) is 173 Å². The van der Waals surface area contributed by atoms with Crippen molar-refractivity contribution in [2.45, 2.75) is 48.6 Å². The van der Waals surface area contributed by atoms with Crippen LogP contribution in [0.25, 0.3) is 10.9 Å². The number of carboxylic acids is 2. The lowest BCUT2D eigenvalue weighted by Crippen LogP contribution is -2.64. The highest BCUT2D eigenvalue weighted by atomic mass is 32.2. The maximum Gasteiger partial charge on any atom is 0.409 e. The van der Waals surface area contributed by atoms with Crippen LogP contribution in [0.15, 0.2) is 23.1 Å². The highest BCUT2D eigenvalue weighted by Crippen LogP contribution is 2.49. The van der Waals surface area contributed by atoms with E-state index in [-0.39, 0.29) is 49.9 Å². The molecule has 1 aromatic heterocycles. The van der Waals surface area contributed by atoms with E-state index in [9.17, 15) is 39.3 Å². The number of halogens is 1. The third kappa shape index (κ3) is 4.64. The van der Waals surface area contributed by atoms with Crippen molar-refractivity contribution in [3.05, 3.63) is 39.9 Å². The molecule has 13 nitrogen and oxygen atoms in total. The molecule has 5 atom stereocenters. The number of aliphatic hydroxyl groups excluding tert-OH is 1. The number of fused-ring (bicyclic) bond motifs is 2. The predicted molar refractivity (Wildman–Crippen MR) is 145 cm³/mol. The summed E-state index contributed by atoms with van der Waals surface area (Å²) in [5.41, 5.74) is -0.674. The van der Waals surface area contributed by atoms with Gasteiger partial charge in [-0.25, -0.2) is 14.0 Å². The van der Waals surface area contributed by atoms with Gasteiger partial charge in [0.15, 0.2) is 5.43 Å². The van der Waals surface area contributed by atoms with Crippen molar-refractivity contribution in [1.82, 2.24) is 14.4 Å². The Morgan fingerprint density at radius 1 is 1.17 bits per heavy atom. The van der Waals surface area contributed by atoms with E-state index in [0.717, 1.165) is 18.9 Å². The Kier molecular flexibility index (Phi) is 7.04. The molecule has 1 aliphatic carbocycles. The number of β-lactam (4-membered cyclic amide) rings is 1. The summed E-state index contributed by atoms with van der Waals surface area (Å²) in [5, 5.41) is 29.8. The van der Waals surface area contributed by atoms with Crippen molar-refractivity contribution >= 4 is 52.3 Å². The Bertz CT molecular complexity index is 1550. The Morgan fingerprint density at radius 2 is 1.86 bits per heavy atom. The fraction of sp³-hybridized carbons (Fsp3) is 0.519. The number of carboxylic acid groups (broad SMARTS) is 2. The van der Waals surface area contributed by atoms with E-state index in [0.29, 0.717) is 5.52 Å². The predicted octanol–water partition coefficient (Wildman–Crippen LogP) is -0.168. The van der Waals surface area contributed by atoms with Gasteiger partial charge in [0, 0.05) is 43.8 Å². The lowest BCUT2D eigenvalue weighted by molar-refractivity contribution is -0.255. The van der Waals surface area contributed by atoms with E-state index in [4.69, 9.17) is 4.74 Å². The average Bonchev–Trinajstić information content (AvgIpc) is 3.73. The summed E-state index contributed by atoms with van der Waals surface area (Å²) in [5.74, 6) is -4.65. The summed E-state index contributed by atoms with van der Waals surface area (Å²) in [6.45, 7) is 2.11. The highest BCUT2D eigenvalue weighted by molar-refractivity contribution is 8.01. The molecule has 2 amide bonds. The van der Waals surface area contributed by atoms with E-state index in [1.165, 1.54) is 40.7 Å². The number of aromatic nitrogens is 1. The van der Waals surface area contributed by atoms with Crippen LogP contribution in [0.3, 0.4) is 0 Å². The number of piperazine rings is 1. The van der Waals surface area contributed by atoms with Gasteiger partial charge in [-0.15, -0.1) is 11.8 Å². The van der Waals surface area contributed by atoms with Gasteiger partial charge >= 0.3 is 12.1 Å². The zero-order valence-corrected chi connectivity index (χ0v) is 23.3. The molecule has 2 N–H and O–H groups in total. The lowest BCUT2D eigenvalue weighted by atomic mass is 9.90. The molecule has 1 aromatic carbocycles. The summed E-state index contributed by atoms with van der Waals surface area (Å²) in [7, 11) is 0. The first-order valence-electron chi connectivity index (χ1n) is 13.6. The molecule has 3 aliphatic heterocycles. The number of benzene rings is 1. The minimum absolute atomic E-state index is 0.0120. The Morgan fingerprint density at radius 3 is 2.45 bits per heavy atom. The van der Waals surface area contributed by atoms with Gasteiger partial charge in [0.2, 0.25) is 5.91 Å². The molecular weight excluding hydrogens is 575 g/mol. The Hall–Kier alpha value is -3.85. The summed E-state index contributed by atoms with van der Waals surface area (Å²) in [6.07, 6.45) is 1.28. The first kappa shape index (κ1) is 28.3. The van der Waals surface area contributed by atoms with Gasteiger partial charge in [-0.1, -0.05) is 0 Å². The summed E-state index contributed by atoms with van der Waals surface area (Å²) < 4.78 is 22.4. The third-order valence-corrected chi connectivity index (χ3v) is 9.91. The molecular formula is C27H28FN4O9S-. The molecule has 42 heavy (non-hydrogen) atoms. The van der Waals surface area contributed by atoms with E-state index in [1.54, 1.807) is 9.47 Å². The minimum atomic E-state index is -1.61. The molecule has 3 saturated heterocycles. The number of thioether (sulfide) groups is 1. The maximum absolute atomic E-state index is 15.2. The molecule has 0 spiro atoms. The molecule has 4 fully saturated rings. The molecule has 4 aliphatic rings. The number of aliphatic hydroxyl groups is 1. The minimum Gasteiger partial charge on any atom is -0.545 e. The van der Waals surface area contributed by atoms with Crippen LogP contribution in [0.1, 0.15) is 36.2 Å². The van der Waals surface area contributed by atoms with Crippen LogP contribution in [-0.4, -0.2) is 104 Å². The smallest absolute Gasteiger partial charge is 0.409 e. The molecule has 6 rings (SSSR count). The van der Waals surface area contributed by atoms with Crippen molar-refractivity contribution in [1.29, 1.82) is 0 Å². The van der Waals surface area contributed by atoms with Gasteiger partial charge in [-0.3, -0.25) is 9.59 Å². The fourth-order valence-electron chi connectivity index (χ4n) is 6.02. The molecule has 1 saturated carbocycles. The van der Waals surface area contributed by atoms with Gasteiger partial charge in [0.25, 0.3) is 0 Å². The molecule has 224 valence electrons. The van der Waals surface area contributed by atoms with Crippen LogP contribution in [0.2, 0.25) is 0 Å². The number of carbonyl (C=O) groups excluding carboxylic acids is 3. The zero-order valence-electron chi connectivity index (χ0n) is 22.5. The SMILES string of the molecule is C[C@@H](O)[C@H]1C(=O)N2C1SC(COC(=O)N1CCN(c3cc4c(cc3F)c(=O)c(C(=O)[O-])cn4C3CC3)CC1)[C@H]2C(=O)O. The van der Waals surface area contributed by atoms with Crippen LogP contribution >= 0.6 is 11.8 Å².